The van der Waals surface area contributed by atoms with Crippen LogP contribution in [0.3, 0.4) is 0 Å². The Morgan fingerprint density at radius 1 is 0.360 bits per heavy atom. The van der Waals surface area contributed by atoms with Crippen molar-refractivity contribution in [2.45, 2.75) is 38.9 Å². The van der Waals surface area contributed by atoms with Gasteiger partial charge in [-0.1, -0.05) is 39.0 Å². The van der Waals surface area contributed by atoms with Crippen molar-refractivity contribution in [3.8, 4) is 5.75 Å². The summed E-state index contributed by atoms with van der Waals surface area (Å²) in [6.07, 6.45) is 0. The molecule has 1 aromatic rings. The van der Waals surface area contributed by atoms with E-state index in [4.69, 9.17) is 61.3 Å². The fourth-order valence-electron chi connectivity index (χ4n) is 3.61. The summed E-state index contributed by atoms with van der Waals surface area (Å²) in [5, 5.41) is 0.216. The van der Waals surface area contributed by atoms with Crippen LogP contribution in [0.4, 0.5) is 0 Å². The average molecular weight is 737 g/mol. The molecule has 0 atom stereocenters. The van der Waals surface area contributed by atoms with E-state index in [1.807, 2.05) is 30.3 Å². The maximum Gasteiger partial charge on any atom is 0.192 e. The predicted molar refractivity (Wildman–Crippen MR) is 194 cm³/mol. The Bertz CT molecular complexity index is 830. The van der Waals surface area contributed by atoms with Crippen molar-refractivity contribution in [1.29, 1.82) is 0 Å². The molecule has 0 saturated heterocycles. The number of rotatable bonds is 38. The van der Waals surface area contributed by atoms with Crippen molar-refractivity contribution in [2.24, 2.45) is 0 Å². The van der Waals surface area contributed by atoms with Gasteiger partial charge in [-0.25, -0.2) is 0 Å². The van der Waals surface area contributed by atoms with E-state index in [0.29, 0.717) is 159 Å². The fraction of sp³-hybridized carbons (Fsp3) is 0.833. The third-order valence-corrected chi connectivity index (χ3v) is 12.0. The zero-order chi connectivity index (χ0) is 36.3. The van der Waals surface area contributed by atoms with Crippen LogP contribution in [-0.4, -0.2) is 167 Å². The Hall–Kier alpha value is -1.24. The Kier molecular flexibility index (Phi) is 31.4. The van der Waals surface area contributed by atoms with E-state index in [-0.39, 0.29) is 5.04 Å². The molecule has 0 saturated carbocycles. The van der Waals surface area contributed by atoms with Crippen molar-refractivity contribution in [2.75, 3.05) is 159 Å². The van der Waals surface area contributed by atoms with Crippen molar-refractivity contribution < 1.29 is 61.3 Å². The highest BCUT2D eigenvalue weighted by Crippen LogP contribution is 2.36. The van der Waals surface area contributed by atoms with Crippen LogP contribution < -0.4 is 4.74 Å². The Balaban J connectivity index is 1.64. The van der Waals surface area contributed by atoms with E-state index in [9.17, 15) is 0 Å². The van der Waals surface area contributed by atoms with Crippen molar-refractivity contribution in [3.05, 3.63) is 30.3 Å². The fourth-order valence-corrected chi connectivity index (χ4v) is 4.64. The van der Waals surface area contributed by atoms with Crippen molar-refractivity contribution in [1.82, 2.24) is 0 Å². The molecular formula is C36H68O13Si. The SMILES string of the molecule is CC(C)(C)[Si](C)(C)OCCOCCOCCOCCOCCOCCOCCOCCOCCOCCOCCOCCOc1ccccc1. The van der Waals surface area contributed by atoms with Gasteiger partial charge in [0.15, 0.2) is 8.32 Å². The van der Waals surface area contributed by atoms with Crippen LogP contribution >= 0.6 is 0 Å². The second kappa shape index (κ2) is 33.6. The van der Waals surface area contributed by atoms with Gasteiger partial charge in [0.2, 0.25) is 0 Å². The summed E-state index contributed by atoms with van der Waals surface area (Å²) in [6, 6.07) is 9.68. The zero-order valence-corrected chi connectivity index (χ0v) is 32.7. The quantitative estimate of drug-likeness (QED) is 0.0711. The van der Waals surface area contributed by atoms with Gasteiger partial charge in [0, 0.05) is 0 Å². The van der Waals surface area contributed by atoms with Gasteiger partial charge in [-0.3, -0.25) is 0 Å². The molecule has 0 heterocycles. The Labute approximate surface area is 302 Å². The van der Waals surface area contributed by atoms with E-state index in [1.165, 1.54) is 0 Å². The lowest BCUT2D eigenvalue weighted by atomic mass is 10.2. The zero-order valence-electron chi connectivity index (χ0n) is 31.7. The van der Waals surface area contributed by atoms with Crippen molar-refractivity contribution in [3.63, 3.8) is 0 Å². The first-order valence-electron chi connectivity index (χ1n) is 18.0. The van der Waals surface area contributed by atoms with Crippen LogP contribution in [0, 0.1) is 0 Å². The smallest absolute Gasteiger partial charge is 0.192 e. The summed E-state index contributed by atoms with van der Waals surface area (Å²) in [6.45, 7) is 23.9. The molecule has 50 heavy (non-hydrogen) atoms. The highest BCUT2D eigenvalue weighted by molar-refractivity contribution is 6.74. The topological polar surface area (TPSA) is 120 Å². The molecule has 0 aliphatic heterocycles. The number of benzene rings is 1. The van der Waals surface area contributed by atoms with Crippen LogP contribution in [0.5, 0.6) is 5.75 Å². The summed E-state index contributed by atoms with van der Waals surface area (Å²) < 4.78 is 72.2. The molecule has 0 amide bonds. The minimum Gasteiger partial charge on any atom is -0.491 e. The second-order valence-electron chi connectivity index (χ2n) is 12.5. The van der Waals surface area contributed by atoms with Gasteiger partial charge in [0.25, 0.3) is 0 Å². The van der Waals surface area contributed by atoms with Crippen LogP contribution in [0.2, 0.25) is 18.1 Å². The summed E-state index contributed by atoms with van der Waals surface area (Å²) in [4.78, 5) is 0. The van der Waals surface area contributed by atoms with Crippen LogP contribution in [0.25, 0.3) is 0 Å². The number of ether oxygens (including phenoxy) is 12. The van der Waals surface area contributed by atoms with Gasteiger partial charge >= 0.3 is 0 Å². The molecule has 0 radical (unpaired) electrons. The van der Waals surface area contributed by atoms with Crippen LogP contribution in [-0.2, 0) is 56.5 Å². The molecule has 0 unspecified atom stereocenters. The lowest BCUT2D eigenvalue weighted by Crippen LogP contribution is -2.41. The first-order chi connectivity index (χ1) is 24.3. The molecule has 0 aliphatic carbocycles. The molecule has 14 heteroatoms. The molecule has 0 N–H and O–H groups in total. The van der Waals surface area contributed by atoms with Gasteiger partial charge in [0.05, 0.1) is 152 Å². The standard InChI is InChI=1S/C36H68O13Si/c1-36(2,3)50(4,5)49-34-32-47-30-28-45-26-24-43-22-20-41-18-16-39-14-12-37-11-13-38-15-17-40-19-21-42-23-25-44-27-29-46-31-33-48-35-9-7-6-8-10-35/h6-10H,11-34H2,1-5H3. The molecule has 0 bridgehead atoms. The summed E-state index contributed by atoms with van der Waals surface area (Å²) in [7, 11) is -1.70. The van der Waals surface area contributed by atoms with E-state index in [2.05, 4.69) is 33.9 Å². The van der Waals surface area contributed by atoms with Crippen molar-refractivity contribution >= 4 is 8.32 Å². The predicted octanol–water partition coefficient (Wildman–Crippen LogP) is 4.27. The van der Waals surface area contributed by atoms with Gasteiger partial charge in [-0.15, -0.1) is 0 Å². The molecule has 0 fully saturated rings. The number of hydrogen-bond donors (Lipinski definition) is 0. The molecule has 0 spiro atoms. The largest absolute Gasteiger partial charge is 0.491 e. The van der Waals surface area contributed by atoms with Gasteiger partial charge in [0.1, 0.15) is 12.4 Å². The first kappa shape index (κ1) is 46.8. The monoisotopic (exact) mass is 736 g/mol. The van der Waals surface area contributed by atoms with E-state index >= 15 is 0 Å². The maximum atomic E-state index is 6.08. The summed E-state index contributed by atoms with van der Waals surface area (Å²) >= 11 is 0. The summed E-state index contributed by atoms with van der Waals surface area (Å²) in [5.41, 5.74) is 0. The molecular weight excluding hydrogens is 668 g/mol. The van der Waals surface area contributed by atoms with Crippen LogP contribution in [0.15, 0.2) is 30.3 Å². The molecule has 13 nitrogen and oxygen atoms in total. The van der Waals surface area contributed by atoms with Gasteiger partial charge < -0.3 is 61.3 Å². The molecule has 1 rings (SSSR count). The number of para-hydroxylation sites is 1. The number of hydrogen-bond acceptors (Lipinski definition) is 13. The third kappa shape index (κ3) is 30.4. The lowest BCUT2D eigenvalue weighted by Gasteiger charge is -2.36. The molecule has 1 aromatic carbocycles. The summed E-state index contributed by atoms with van der Waals surface area (Å²) in [5.74, 6) is 0.844. The lowest BCUT2D eigenvalue weighted by molar-refractivity contribution is -0.0279. The molecule has 0 aliphatic rings. The van der Waals surface area contributed by atoms with Gasteiger partial charge in [-0.2, -0.15) is 0 Å². The highest BCUT2D eigenvalue weighted by atomic mass is 28.4. The average Bonchev–Trinajstić information content (AvgIpc) is 3.09. The first-order valence-corrected chi connectivity index (χ1v) is 20.9. The maximum absolute atomic E-state index is 6.08. The third-order valence-electron chi connectivity index (χ3n) is 7.46. The normalized spacial score (nSPS) is 12.2. The Morgan fingerprint density at radius 2 is 0.600 bits per heavy atom. The molecule has 294 valence electrons. The van der Waals surface area contributed by atoms with E-state index < -0.39 is 8.32 Å². The minimum absolute atomic E-state index is 0.216. The highest BCUT2D eigenvalue weighted by Gasteiger charge is 2.36. The Morgan fingerprint density at radius 3 is 0.860 bits per heavy atom. The van der Waals surface area contributed by atoms with E-state index in [1.54, 1.807) is 0 Å². The van der Waals surface area contributed by atoms with Crippen LogP contribution in [0.1, 0.15) is 20.8 Å². The van der Waals surface area contributed by atoms with E-state index in [0.717, 1.165) is 5.75 Å². The minimum atomic E-state index is -1.70. The van der Waals surface area contributed by atoms with Gasteiger partial charge in [-0.05, 0) is 30.3 Å². The second-order valence-corrected chi connectivity index (χ2v) is 17.3. The molecule has 0 aromatic heterocycles.